The summed E-state index contributed by atoms with van der Waals surface area (Å²) >= 11 is 0. The standard InChI is InChI=1S/C6H9NO2/c1-4-2-5(6(8)9)7-3-4/h3-5H,2H2,1H3,(H,8,9). The molecule has 0 spiro atoms. The molecule has 50 valence electrons. The third-order valence-corrected chi connectivity index (χ3v) is 1.40. The van der Waals surface area contributed by atoms with E-state index in [1.54, 1.807) is 6.21 Å². The van der Waals surface area contributed by atoms with Crippen molar-refractivity contribution in [3.05, 3.63) is 0 Å². The van der Waals surface area contributed by atoms with Crippen molar-refractivity contribution in [2.45, 2.75) is 19.4 Å². The molecule has 1 N–H and O–H groups in total. The van der Waals surface area contributed by atoms with Gasteiger partial charge in [0.1, 0.15) is 6.04 Å². The second-order valence-corrected chi connectivity index (χ2v) is 2.37. The predicted molar refractivity (Wildman–Crippen MR) is 33.7 cm³/mol. The Morgan fingerprint density at radius 1 is 1.89 bits per heavy atom. The molecule has 0 aromatic rings. The minimum atomic E-state index is -0.810. The summed E-state index contributed by atoms with van der Waals surface area (Å²) in [5.41, 5.74) is 0. The average molecular weight is 127 g/mol. The number of hydrogen-bond donors (Lipinski definition) is 1. The van der Waals surface area contributed by atoms with Crippen molar-refractivity contribution in [1.82, 2.24) is 0 Å². The van der Waals surface area contributed by atoms with E-state index in [2.05, 4.69) is 4.99 Å². The van der Waals surface area contributed by atoms with Crippen molar-refractivity contribution in [1.29, 1.82) is 0 Å². The molecule has 1 aliphatic heterocycles. The topological polar surface area (TPSA) is 49.7 Å². The largest absolute Gasteiger partial charge is 0.480 e. The van der Waals surface area contributed by atoms with E-state index in [4.69, 9.17) is 5.11 Å². The maximum absolute atomic E-state index is 10.2. The van der Waals surface area contributed by atoms with E-state index in [9.17, 15) is 4.79 Å². The Hall–Kier alpha value is -0.860. The molecule has 0 saturated carbocycles. The number of carboxylic acids is 1. The predicted octanol–water partition coefficient (Wildman–Crippen LogP) is 0.550. The molecule has 0 fully saturated rings. The summed E-state index contributed by atoms with van der Waals surface area (Å²) in [5, 5.41) is 8.42. The highest BCUT2D eigenvalue weighted by Crippen LogP contribution is 2.13. The van der Waals surface area contributed by atoms with Gasteiger partial charge in [0.05, 0.1) is 0 Å². The van der Waals surface area contributed by atoms with Gasteiger partial charge < -0.3 is 5.11 Å². The molecule has 1 heterocycles. The first-order chi connectivity index (χ1) is 4.20. The van der Waals surface area contributed by atoms with Crippen LogP contribution in [0.4, 0.5) is 0 Å². The zero-order chi connectivity index (χ0) is 6.85. The van der Waals surface area contributed by atoms with Gasteiger partial charge in [0.15, 0.2) is 0 Å². The van der Waals surface area contributed by atoms with Crippen LogP contribution in [-0.2, 0) is 4.79 Å². The third-order valence-electron chi connectivity index (χ3n) is 1.40. The maximum atomic E-state index is 10.2. The summed E-state index contributed by atoms with van der Waals surface area (Å²) in [6, 6.07) is -0.472. The molecule has 2 unspecified atom stereocenters. The van der Waals surface area contributed by atoms with Crippen molar-refractivity contribution >= 4 is 12.2 Å². The van der Waals surface area contributed by atoms with Crippen LogP contribution in [0.25, 0.3) is 0 Å². The first kappa shape index (κ1) is 6.26. The average Bonchev–Trinajstić information content (AvgIpc) is 2.14. The van der Waals surface area contributed by atoms with Crippen LogP contribution in [0.1, 0.15) is 13.3 Å². The van der Waals surface area contributed by atoms with E-state index in [-0.39, 0.29) is 0 Å². The lowest BCUT2D eigenvalue weighted by molar-refractivity contribution is -0.138. The quantitative estimate of drug-likeness (QED) is 0.559. The lowest BCUT2D eigenvalue weighted by Gasteiger charge is -1.98. The Bertz CT molecular complexity index is 153. The lowest BCUT2D eigenvalue weighted by atomic mass is 10.1. The van der Waals surface area contributed by atoms with Crippen LogP contribution in [0.3, 0.4) is 0 Å². The van der Waals surface area contributed by atoms with Gasteiger partial charge in [0.25, 0.3) is 0 Å². The van der Waals surface area contributed by atoms with Gasteiger partial charge in [-0.3, -0.25) is 4.99 Å². The number of aliphatic carboxylic acids is 1. The van der Waals surface area contributed by atoms with Crippen LogP contribution in [0.5, 0.6) is 0 Å². The molecule has 1 rings (SSSR count). The Morgan fingerprint density at radius 2 is 2.56 bits per heavy atom. The van der Waals surface area contributed by atoms with Crippen molar-refractivity contribution in [3.8, 4) is 0 Å². The third kappa shape index (κ3) is 1.28. The summed E-state index contributed by atoms with van der Waals surface area (Å²) in [7, 11) is 0. The fraction of sp³-hybridized carbons (Fsp3) is 0.667. The number of aliphatic imine (C=N–C) groups is 1. The van der Waals surface area contributed by atoms with Gasteiger partial charge in [-0.15, -0.1) is 0 Å². The van der Waals surface area contributed by atoms with Gasteiger partial charge >= 0.3 is 5.97 Å². The summed E-state index contributed by atoms with van der Waals surface area (Å²) in [6.07, 6.45) is 2.37. The van der Waals surface area contributed by atoms with E-state index in [0.29, 0.717) is 12.3 Å². The molecule has 0 aromatic heterocycles. The highest BCUT2D eigenvalue weighted by atomic mass is 16.4. The number of carbonyl (C=O) groups is 1. The first-order valence-corrected chi connectivity index (χ1v) is 2.96. The van der Waals surface area contributed by atoms with Gasteiger partial charge in [-0.2, -0.15) is 0 Å². The molecule has 0 radical (unpaired) electrons. The van der Waals surface area contributed by atoms with Gasteiger partial charge in [-0.1, -0.05) is 6.92 Å². The molecule has 3 nitrogen and oxygen atoms in total. The molecular formula is C6H9NO2. The van der Waals surface area contributed by atoms with Crippen LogP contribution in [0.15, 0.2) is 4.99 Å². The highest BCUT2D eigenvalue weighted by Gasteiger charge is 2.22. The van der Waals surface area contributed by atoms with E-state index < -0.39 is 12.0 Å². The highest BCUT2D eigenvalue weighted by molar-refractivity contribution is 5.79. The SMILES string of the molecule is CC1C=NC(C(=O)O)C1. The fourth-order valence-corrected chi connectivity index (χ4v) is 0.889. The summed E-state index contributed by atoms with van der Waals surface area (Å²) in [4.78, 5) is 14.0. The Balaban J connectivity index is 2.50. The van der Waals surface area contributed by atoms with Crippen molar-refractivity contribution in [3.63, 3.8) is 0 Å². The molecule has 2 atom stereocenters. The number of carboxylic acid groups (broad SMARTS) is 1. The molecule has 3 heteroatoms. The summed E-state index contributed by atoms with van der Waals surface area (Å²) in [5.74, 6) is -0.471. The number of nitrogens with zero attached hydrogens (tertiary/aromatic N) is 1. The van der Waals surface area contributed by atoms with Crippen LogP contribution in [0, 0.1) is 5.92 Å². The fourth-order valence-electron chi connectivity index (χ4n) is 0.889. The maximum Gasteiger partial charge on any atom is 0.328 e. The van der Waals surface area contributed by atoms with Crippen molar-refractivity contribution in [2.24, 2.45) is 10.9 Å². The molecule has 1 aliphatic rings. The normalized spacial score (nSPS) is 33.0. The summed E-state index contributed by atoms with van der Waals surface area (Å²) in [6.45, 7) is 1.96. The van der Waals surface area contributed by atoms with Crippen LogP contribution >= 0.6 is 0 Å². The molecule has 0 bridgehead atoms. The molecule has 0 amide bonds. The number of rotatable bonds is 1. The monoisotopic (exact) mass is 127 g/mol. The van der Waals surface area contributed by atoms with Crippen LogP contribution in [-0.4, -0.2) is 23.3 Å². The van der Waals surface area contributed by atoms with Gasteiger partial charge in [-0.05, 0) is 12.3 Å². The minimum Gasteiger partial charge on any atom is -0.480 e. The zero-order valence-corrected chi connectivity index (χ0v) is 5.24. The van der Waals surface area contributed by atoms with E-state index in [1.807, 2.05) is 6.92 Å². The minimum absolute atomic E-state index is 0.339. The smallest absolute Gasteiger partial charge is 0.328 e. The number of hydrogen-bond acceptors (Lipinski definition) is 2. The second kappa shape index (κ2) is 2.17. The molecule has 9 heavy (non-hydrogen) atoms. The van der Waals surface area contributed by atoms with Gasteiger partial charge in [-0.25, -0.2) is 4.79 Å². The molecule has 0 saturated heterocycles. The first-order valence-electron chi connectivity index (χ1n) is 2.96. The lowest BCUT2D eigenvalue weighted by Crippen LogP contribution is -2.15. The van der Waals surface area contributed by atoms with Crippen LogP contribution < -0.4 is 0 Å². The van der Waals surface area contributed by atoms with Crippen molar-refractivity contribution < 1.29 is 9.90 Å². The summed E-state index contributed by atoms with van der Waals surface area (Å²) < 4.78 is 0. The van der Waals surface area contributed by atoms with Gasteiger partial charge in [0, 0.05) is 6.21 Å². The molecular weight excluding hydrogens is 118 g/mol. The van der Waals surface area contributed by atoms with E-state index >= 15 is 0 Å². The molecule has 0 aliphatic carbocycles. The zero-order valence-electron chi connectivity index (χ0n) is 5.24. The van der Waals surface area contributed by atoms with Gasteiger partial charge in [0.2, 0.25) is 0 Å². The van der Waals surface area contributed by atoms with Crippen molar-refractivity contribution in [2.75, 3.05) is 0 Å². The molecule has 0 aromatic carbocycles. The Kier molecular flexibility index (Phi) is 1.51. The second-order valence-electron chi connectivity index (χ2n) is 2.37. The van der Waals surface area contributed by atoms with E-state index in [0.717, 1.165) is 0 Å². The van der Waals surface area contributed by atoms with E-state index in [1.165, 1.54) is 0 Å². The Labute approximate surface area is 53.4 Å². The Morgan fingerprint density at radius 3 is 2.78 bits per heavy atom. The van der Waals surface area contributed by atoms with Crippen LogP contribution in [0.2, 0.25) is 0 Å².